The number of aliphatic imine (C=N–C) groups is 1. The first-order valence-electron chi connectivity index (χ1n) is 11.6. The first kappa shape index (κ1) is 23.8. The normalized spacial score (nSPS) is 20.2. The molecule has 174 valence electrons. The van der Waals surface area contributed by atoms with Crippen molar-refractivity contribution in [2.75, 3.05) is 84.1 Å². The number of piperazine rings is 1. The lowest BCUT2D eigenvalue weighted by molar-refractivity contribution is 0.00752. The van der Waals surface area contributed by atoms with E-state index in [1.165, 1.54) is 12.1 Å². The molecule has 0 aliphatic carbocycles. The molecule has 2 aliphatic rings. The molecule has 0 amide bonds. The van der Waals surface area contributed by atoms with Crippen LogP contribution < -0.4 is 15.5 Å². The molecule has 3 rings (SSSR count). The number of hydrogen-bond acceptors (Lipinski definition) is 5. The smallest absolute Gasteiger partial charge is 0.191 e. The highest BCUT2D eigenvalue weighted by Crippen LogP contribution is 2.16. The molecule has 0 bridgehead atoms. The first-order valence-corrected chi connectivity index (χ1v) is 11.6. The number of hydrogen-bond donors (Lipinski definition) is 2. The van der Waals surface area contributed by atoms with Crippen LogP contribution in [0.4, 0.5) is 10.1 Å². The number of ether oxygens (including phenoxy) is 1. The summed E-state index contributed by atoms with van der Waals surface area (Å²) in [6, 6.07) is 7.27. The fourth-order valence-corrected chi connectivity index (χ4v) is 4.33. The maximum absolute atomic E-state index is 13.1. The average Bonchev–Trinajstić information content (AvgIpc) is 2.79. The summed E-state index contributed by atoms with van der Waals surface area (Å²) < 4.78 is 18.6. The molecular weight excluding hydrogens is 395 g/mol. The van der Waals surface area contributed by atoms with Gasteiger partial charge in [-0.1, -0.05) is 13.8 Å². The number of nitrogens with zero attached hydrogens (tertiary/aromatic N) is 4. The lowest BCUT2D eigenvalue weighted by Gasteiger charge is -2.37. The summed E-state index contributed by atoms with van der Waals surface area (Å²) in [5, 5.41) is 6.98. The van der Waals surface area contributed by atoms with Gasteiger partial charge in [0.15, 0.2) is 5.96 Å². The van der Waals surface area contributed by atoms with E-state index in [9.17, 15) is 4.39 Å². The van der Waals surface area contributed by atoms with E-state index in [0.717, 1.165) is 83.8 Å². The molecule has 2 heterocycles. The van der Waals surface area contributed by atoms with Gasteiger partial charge in [0.05, 0.1) is 13.2 Å². The Balaban J connectivity index is 1.35. The van der Waals surface area contributed by atoms with Crippen molar-refractivity contribution >= 4 is 11.6 Å². The number of rotatable bonds is 8. The van der Waals surface area contributed by atoms with E-state index in [4.69, 9.17) is 4.74 Å². The molecule has 2 N–H and O–H groups in total. The number of morpholine rings is 1. The van der Waals surface area contributed by atoms with E-state index in [1.807, 2.05) is 19.2 Å². The number of benzene rings is 1. The molecule has 0 aromatic heterocycles. The lowest BCUT2D eigenvalue weighted by Crippen LogP contribution is -2.53. The highest BCUT2D eigenvalue weighted by atomic mass is 19.1. The molecule has 2 saturated heterocycles. The Kier molecular flexibility index (Phi) is 9.36. The van der Waals surface area contributed by atoms with Crippen molar-refractivity contribution in [2.45, 2.75) is 19.9 Å². The van der Waals surface area contributed by atoms with Crippen LogP contribution in [-0.2, 0) is 4.74 Å². The van der Waals surface area contributed by atoms with Gasteiger partial charge in [0.2, 0.25) is 0 Å². The second kappa shape index (κ2) is 12.2. The van der Waals surface area contributed by atoms with Crippen LogP contribution in [0.1, 0.15) is 13.8 Å². The Morgan fingerprint density at radius 2 is 1.71 bits per heavy atom. The third-order valence-corrected chi connectivity index (χ3v) is 6.27. The number of nitrogens with one attached hydrogen (secondary N) is 2. The summed E-state index contributed by atoms with van der Waals surface area (Å²) in [5.41, 5.74) is 1.10. The fourth-order valence-electron chi connectivity index (χ4n) is 4.33. The monoisotopic (exact) mass is 434 g/mol. The van der Waals surface area contributed by atoms with Crippen LogP contribution in [0.5, 0.6) is 0 Å². The lowest BCUT2D eigenvalue weighted by atomic mass is 10.0. The second-order valence-electron chi connectivity index (χ2n) is 8.64. The molecule has 1 aromatic carbocycles. The minimum absolute atomic E-state index is 0.180. The molecule has 2 aliphatic heterocycles. The van der Waals surface area contributed by atoms with Gasteiger partial charge >= 0.3 is 0 Å². The number of halogens is 1. The largest absolute Gasteiger partial charge is 0.379 e. The van der Waals surface area contributed by atoms with Crippen molar-refractivity contribution in [3.63, 3.8) is 0 Å². The summed E-state index contributed by atoms with van der Waals surface area (Å²) >= 11 is 0. The summed E-state index contributed by atoms with van der Waals surface area (Å²) in [6.45, 7) is 14.9. The Morgan fingerprint density at radius 3 is 2.32 bits per heavy atom. The van der Waals surface area contributed by atoms with E-state index < -0.39 is 0 Å². The van der Waals surface area contributed by atoms with Crippen molar-refractivity contribution in [3.05, 3.63) is 30.1 Å². The van der Waals surface area contributed by atoms with Gasteiger partial charge < -0.3 is 20.3 Å². The van der Waals surface area contributed by atoms with Crippen molar-refractivity contribution in [2.24, 2.45) is 10.9 Å². The van der Waals surface area contributed by atoms with Gasteiger partial charge in [-0.15, -0.1) is 0 Å². The van der Waals surface area contributed by atoms with E-state index in [2.05, 4.69) is 44.2 Å². The standard InChI is InChI=1S/C23H39FN6O/c1-19(2)22(30-14-16-31-17-15-30)18-27-23(25-3)26-8-9-28-10-12-29(13-11-28)21-6-4-20(24)5-7-21/h4-7,19,22H,8-18H2,1-3H3,(H2,25,26,27). The maximum Gasteiger partial charge on any atom is 0.191 e. The molecule has 0 spiro atoms. The van der Waals surface area contributed by atoms with Gasteiger partial charge in [-0.05, 0) is 30.2 Å². The van der Waals surface area contributed by atoms with Crippen molar-refractivity contribution in [1.82, 2.24) is 20.4 Å². The Bertz CT molecular complexity index is 669. The second-order valence-corrected chi connectivity index (χ2v) is 8.64. The van der Waals surface area contributed by atoms with Gasteiger partial charge in [0.25, 0.3) is 0 Å². The quantitative estimate of drug-likeness (QED) is 0.477. The summed E-state index contributed by atoms with van der Waals surface area (Å²) in [7, 11) is 1.83. The zero-order valence-corrected chi connectivity index (χ0v) is 19.3. The molecule has 1 unspecified atom stereocenters. The molecule has 31 heavy (non-hydrogen) atoms. The maximum atomic E-state index is 13.1. The molecule has 1 atom stereocenters. The summed E-state index contributed by atoms with van der Waals surface area (Å²) in [6.07, 6.45) is 0. The molecule has 7 nitrogen and oxygen atoms in total. The van der Waals surface area contributed by atoms with Gasteiger partial charge in [-0.25, -0.2) is 4.39 Å². The predicted octanol–water partition coefficient (Wildman–Crippen LogP) is 1.47. The van der Waals surface area contributed by atoms with E-state index in [0.29, 0.717) is 12.0 Å². The van der Waals surface area contributed by atoms with Crippen LogP contribution in [0.25, 0.3) is 0 Å². The Hall–Kier alpha value is -1.90. The van der Waals surface area contributed by atoms with Gasteiger partial charge in [-0.3, -0.25) is 14.8 Å². The van der Waals surface area contributed by atoms with Crippen LogP contribution in [0.3, 0.4) is 0 Å². The highest BCUT2D eigenvalue weighted by molar-refractivity contribution is 5.79. The minimum Gasteiger partial charge on any atom is -0.379 e. The van der Waals surface area contributed by atoms with Crippen LogP contribution in [-0.4, -0.2) is 101 Å². The summed E-state index contributed by atoms with van der Waals surface area (Å²) in [4.78, 5) is 11.7. The average molecular weight is 435 g/mol. The minimum atomic E-state index is -0.180. The number of anilines is 1. The molecule has 2 fully saturated rings. The fraction of sp³-hybridized carbons (Fsp3) is 0.696. The van der Waals surface area contributed by atoms with E-state index in [-0.39, 0.29) is 5.82 Å². The van der Waals surface area contributed by atoms with Gasteiger partial charge in [-0.2, -0.15) is 0 Å². The highest BCUT2D eigenvalue weighted by Gasteiger charge is 2.24. The predicted molar refractivity (Wildman–Crippen MR) is 125 cm³/mol. The SMILES string of the molecule is CN=C(NCCN1CCN(c2ccc(F)cc2)CC1)NCC(C(C)C)N1CCOCC1. The Morgan fingerprint density at radius 1 is 1.03 bits per heavy atom. The van der Waals surface area contributed by atoms with Crippen molar-refractivity contribution in [1.29, 1.82) is 0 Å². The van der Waals surface area contributed by atoms with E-state index in [1.54, 1.807) is 0 Å². The topological polar surface area (TPSA) is 55.4 Å². The van der Waals surface area contributed by atoms with E-state index >= 15 is 0 Å². The van der Waals surface area contributed by atoms with Crippen LogP contribution in [0, 0.1) is 11.7 Å². The zero-order chi connectivity index (χ0) is 22.1. The van der Waals surface area contributed by atoms with Gasteiger partial charge in [0.1, 0.15) is 5.82 Å². The molecule has 0 radical (unpaired) electrons. The van der Waals surface area contributed by atoms with Crippen LogP contribution in [0.15, 0.2) is 29.3 Å². The summed E-state index contributed by atoms with van der Waals surface area (Å²) in [5.74, 6) is 1.25. The van der Waals surface area contributed by atoms with Crippen LogP contribution >= 0.6 is 0 Å². The molecular formula is C23H39FN6O. The van der Waals surface area contributed by atoms with Crippen molar-refractivity contribution < 1.29 is 9.13 Å². The molecule has 1 aromatic rings. The number of guanidine groups is 1. The third kappa shape index (κ3) is 7.33. The van der Waals surface area contributed by atoms with Gasteiger partial charge in [0, 0.05) is 77.7 Å². The third-order valence-electron chi connectivity index (χ3n) is 6.27. The first-order chi connectivity index (χ1) is 15.1. The van der Waals surface area contributed by atoms with Crippen molar-refractivity contribution in [3.8, 4) is 0 Å². The Labute approximate surface area is 186 Å². The molecule has 0 saturated carbocycles. The zero-order valence-electron chi connectivity index (χ0n) is 19.3. The molecule has 8 heteroatoms. The van der Waals surface area contributed by atoms with Crippen LogP contribution in [0.2, 0.25) is 0 Å².